The predicted octanol–water partition coefficient (Wildman–Crippen LogP) is -0.797. The highest BCUT2D eigenvalue weighted by molar-refractivity contribution is 5.87. The first-order valence-corrected chi connectivity index (χ1v) is 2.25. The number of rotatable bonds is 3. The predicted molar refractivity (Wildman–Crippen MR) is 31.8 cm³/mol. The molecule has 1 N–H and O–H groups in total. The Morgan fingerprint density at radius 1 is 1.89 bits per heavy atom. The van der Waals surface area contributed by atoms with Gasteiger partial charge in [0, 0.05) is 7.05 Å². The van der Waals surface area contributed by atoms with Crippen LogP contribution in [-0.2, 0) is 9.59 Å². The molecule has 0 atom stereocenters. The SMILES string of the molecule is C=CC(=O)NN(C)[C]=O. The van der Waals surface area contributed by atoms with Crippen LogP contribution in [0.3, 0.4) is 0 Å². The summed E-state index contributed by atoms with van der Waals surface area (Å²) in [6, 6.07) is 0. The molecule has 0 heterocycles. The number of carbonyl (C=O) groups excluding carboxylic acids is 2. The van der Waals surface area contributed by atoms with Gasteiger partial charge in [0.2, 0.25) is 0 Å². The van der Waals surface area contributed by atoms with Crippen molar-refractivity contribution < 1.29 is 9.59 Å². The maximum atomic E-state index is 10.3. The fraction of sp³-hybridized carbons (Fsp3) is 0.200. The molecule has 4 heteroatoms. The van der Waals surface area contributed by atoms with Crippen molar-refractivity contribution in [2.45, 2.75) is 0 Å². The molecule has 2 amide bonds. The Hall–Kier alpha value is -1.32. The van der Waals surface area contributed by atoms with Crippen LogP contribution in [0.5, 0.6) is 0 Å². The molecule has 49 valence electrons. The van der Waals surface area contributed by atoms with Crippen molar-refractivity contribution in [3.8, 4) is 0 Å². The van der Waals surface area contributed by atoms with E-state index < -0.39 is 5.91 Å². The van der Waals surface area contributed by atoms with Crippen molar-refractivity contribution in [2.75, 3.05) is 7.05 Å². The van der Waals surface area contributed by atoms with Crippen molar-refractivity contribution in [2.24, 2.45) is 0 Å². The lowest BCUT2D eigenvalue weighted by Gasteiger charge is -2.07. The summed E-state index contributed by atoms with van der Waals surface area (Å²) in [4.78, 5) is 20.0. The minimum atomic E-state index is -0.430. The number of hydrogen-bond acceptors (Lipinski definition) is 2. The highest BCUT2D eigenvalue weighted by atomic mass is 16.2. The molecule has 0 saturated heterocycles. The molecule has 9 heavy (non-hydrogen) atoms. The van der Waals surface area contributed by atoms with Crippen LogP contribution < -0.4 is 5.43 Å². The zero-order valence-electron chi connectivity index (χ0n) is 5.05. The number of nitrogens with zero attached hydrogens (tertiary/aromatic N) is 1. The van der Waals surface area contributed by atoms with E-state index in [2.05, 4.69) is 12.0 Å². The Morgan fingerprint density at radius 2 is 2.44 bits per heavy atom. The number of hydrazine groups is 1. The molecule has 1 radical (unpaired) electrons. The number of amides is 2. The first-order chi connectivity index (χ1) is 4.20. The third kappa shape index (κ3) is 3.28. The van der Waals surface area contributed by atoms with Crippen LogP contribution in [0.2, 0.25) is 0 Å². The van der Waals surface area contributed by atoms with Crippen molar-refractivity contribution in [1.82, 2.24) is 10.4 Å². The van der Waals surface area contributed by atoms with Crippen LogP contribution in [0, 0.1) is 0 Å². The molecule has 0 aromatic heterocycles. The topological polar surface area (TPSA) is 49.4 Å². The average Bonchev–Trinajstić information content (AvgIpc) is 1.87. The molecule has 0 aromatic rings. The van der Waals surface area contributed by atoms with Crippen molar-refractivity contribution in [3.63, 3.8) is 0 Å². The Labute approximate surface area is 53.1 Å². The first kappa shape index (κ1) is 7.68. The fourth-order valence-electron chi connectivity index (χ4n) is 0.234. The molecule has 0 aliphatic rings. The molecule has 0 bridgehead atoms. The highest BCUT2D eigenvalue weighted by Crippen LogP contribution is 1.67. The summed E-state index contributed by atoms with van der Waals surface area (Å²) >= 11 is 0. The van der Waals surface area contributed by atoms with Gasteiger partial charge in [0.05, 0.1) is 0 Å². The van der Waals surface area contributed by atoms with E-state index in [0.29, 0.717) is 0 Å². The summed E-state index contributed by atoms with van der Waals surface area (Å²) in [6.07, 6.45) is 2.50. The summed E-state index contributed by atoms with van der Waals surface area (Å²) in [7, 11) is 1.37. The van der Waals surface area contributed by atoms with Crippen LogP contribution in [0.1, 0.15) is 0 Å². The summed E-state index contributed by atoms with van der Waals surface area (Å²) in [6.45, 7) is 3.18. The van der Waals surface area contributed by atoms with E-state index in [-0.39, 0.29) is 0 Å². The van der Waals surface area contributed by atoms with Crippen LogP contribution in [0.15, 0.2) is 12.7 Å². The summed E-state index contributed by atoms with van der Waals surface area (Å²) in [5.41, 5.74) is 2.13. The lowest BCUT2D eigenvalue weighted by atomic mass is 10.6. The second-order valence-electron chi connectivity index (χ2n) is 1.33. The number of nitrogens with one attached hydrogen (secondary N) is 1. The van der Waals surface area contributed by atoms with Gasteiger partial charge < -0.3 is 0 Å². The summed E-state index contributed by atoms with van der Waals surface area (Å²) in [5, 5.41) is 0.879. The number of carbonyl (C=O) groups is 1. The van der Waals surface area contributed by atoms with E-state index in [9.17, 15) is 9.59 Å². The van der Waals surface area contributed by atoms with Crippen molar-refractivity contribution in [3.05, 3.63) is 12.7 Å². The lowest BCUT2D eigenvalue weighted by Crippen LogP contribution is -2.36. The molecule has 0 spiro atoms. The Balaban J connectivity index is 3.58. The fourth-order valence-corrected chi connectivity index (χ4v) is 0.234. The van der Waals surface area contributed by atoms with Crippen LogP contribution >= 0.6 is 0 Å². The molecule has 0 aliphatic carbocycles. The van der Waals surface area contributed by atoms with Gasteiger partial charge >= 0.3 is 6.41 Å². The zero-order chi connectivity index (χ0) is 7.28. The van der Waals surface area contributed by atoms with Gasteiger partial charge in [0.15, 0.2) is 0 Å². The van der Waals surface area contributed by atoms with Gasteiger partial charge in [0.25, 0.3) is 5.91 Å². The number of hydrogen-bond donors (Lipinski definition) is 1. The van der Waals surface area contributed by atoms with Gasteiger partial charge in [-0.25, -0.2) is 5.01 Å². The van der Waals surface area contributed by atoms with E-state index >= 15 is 0 Å². The third-order valence-corrected chi connectivity index (χ3v) is 0.600. The van der Waals surface area contributed by atoms with Gasteiger partial charge in [-0.3, -0.25) is 15.0 Å². The maximum Gasteiger partial charge on any atom is 0.331 e. The molecular formula is C5H7N2O2. The molecule has 0 aliphatic heterocycles. The second kappa shape index (κ2) is 3.65. The van der Waals surface area contributed by atoms with E-state index in [4.69, 9.17) is 0 Å². The first-order valence-electron chi connectivity index (χ1n) is 2.25. The molecule has 0 unspecified atom stereocenters. The normalized spacial score (nSPS) is 7.67. The van der Waals surface area contributed by atoms with Crippen molar-refractivity contribution in [1.29, 1.82) is 0 Å². The molecule has 0 aromatic carbocycles. The Bertz CT molecular complexity index is 133. The Morgan fingerprint density at radius 3 is 2.78 bits per heavy atom. The Kier molecular flexibility index (Phi) is 3.12. The molecular weight excluding hydrogens is 120 g/mol. The van der Waals surface area contributed by atoms with Gasteiger partial charge in [-0.1, -0.05) is 6.58 Å². The molecule has 0 rings (SSSR count). The van der Waals surface area contributed by atoms with Gasteiger partial charge in [-0.15, -0.1) is 0 Å². The van der Waals surface area contributed by atoms with Crippen LogP contribution in [0.4, 0.5) is 0 Å². The maximum absolute atomic E-state index is 10.3. The van der Waals surface area contributed by atoms with Gasteiger partial charge in [-0.05, 0) is 6.08 Å². The lowest BCUT2D eigenvalue weighted by molar-refractivity contribution is -0.119. The van der Waals surface area contributed by atoms with E-state index in [0.717, 1.165) is 11.1 Å². The average molecular weight is 127 g/mol. The minimum Gasteiger partial charge on any atom is -0.268 e. The smallest absolute Gasteiger partial charge is 0.268 e. The highest BCUT2D eigenvalue weighted by Gasteiger charge is 1.95. The van der Waals surface area contributed by atoms with Gasteiger partial charge in [0.1, 0.15) is 0 Å². The molecule has 0 saturated carbocycles. The summed E-state index contributed by atoms with van der Waals surface area (Å²) < 4.78 is 0. The monoisotopic (exact) mass is 127 g/mol. The standard InChI is InChI=1S/C5H7N2O2/c1-3-5(9)6-7(2)4-8/h3H,1H2,2H3,(H,6,9). The zero-order valence-corrected chi connectivity index (χ0v) is 5.05. The van der Waals surface area contributed by atoms with Crippen molar-refractivity contribution >= 4 is 12.3 Å². The quantitative estimate of drug-likeness (QED) is 0.306. The summed E-state index contributed by atoms with van der Waals surface area (Å²) in [5.74, 6) is -0.430. The van der Waals surface area contributed by atoms with E-state index in [1.165, 1.54) is 13.5 Å². The van der Waals surface area contributed by atoms with Crippen LogP contribution in [-0.4, -0.2) is 24.4 Å². The van der Waals surface area contributed by atoms with Crippen LogP contribution in [0.25, 0.3) is 0 Å². The minimum absolute atomic E-state index is 0.430. The third-order valence-electron chi connectivity index (χ3n) is 0.600. The van der Waals surface area contributed by atoms with E-state index in [1.54, 1.807) is 0 Å². The molecule has 0 fully saturated rings. The van der Waals surface area contributed by atoms with Gasteiger partial charge in [-0.2, -0.15) is 0 Å². The molecule has 4 nitrogen and oxygen atoms in total. The second-order valence-corrected chi connectivity index (χ2v) is 1.33. The largest absolute Gasteiger partial charge is 0.331 e. The van der Waals surface area contributed by atoms with E-state index in [1.807, 2.05) is 0 Å².